The predicted octanol–water partition coefficient (Wildman–Crippen LogP) is 3.59. The maximum Gasteiger partial charge on any atom is 0.263 e. The number of hydrogen-bond acceptors (Lipinski definition) is 6. The maximum absolute atomic E-state index is 12.6. The van der Waals surface area contributed by atoms with Gasteiger partial charge in [0.2, 0.25) is 0 Å². The van der Waals surface area contributed by atoms with Crippen molar-refractivity contribution in [3.63, 3.8) is 0 Å². The second-order valence-electron chi connectivity index (χ2n) is 7.44. The van der Waals surface area contributed by atoms with E-state index in [0.29, 0.717) is 34.5 Å². The van der Waals surface area contributed by atoms with E-state index < -0.39 is 9.84 Å². The van der Waals surface area contributed by atoms with Crippen LogP contribution in [0.25, 0.3) is 11.3 Å². The van der Waals surface area contributed by atoms with Gasteiger partial charge in [-0.1, -0.05) is 23.7 Å². The quantitative estimate of drug-likeness (QED) is 0.560. The molecule has 1 fully saturated rings. The largest absolute Gasteiger partial charge is 0.497 e. The van der Waals surface area contributed by atoms with Crippen molar-refractivity contribution in [3.05, 3.63) is 59.6 Å². The van der Waals surface area contributed by atoms with E-state index in [-0.39, 0.29) is 30.1 Å². The van der Waals surface area contributed by atoms with Gasteiger partial charge in [-0.25, -0.2) is 13.1 Å². The first kappa shape index (κ1) is 22.2. The number of nitrogens with zero attached hydrogens (tertiary/aromatic N) is 2. The number of carbonyl (C=O) groups excluding carboxylic acids is 1. The number of benzene rings is 2. The number of ether oxygens (including phenoxy) is 2. The van der Waals surface area contributed by atoms with E-state index in [4.69, 9.17) is 21.1 Å². The highest BCUT2D eigenvalue weighted by molar-refractivity contribution is 7.91. The van der Waals surface area contributed by atoms with Crippen molar-refractivity contribution in [1.29, 1.82) is 0 Å². The summed E-state index contributed by atoms with van der Waals surface area (Å²) >= 11 is 5.97. The summed E-state index contributed by atoms with van der Waals surface area (Å²) in [6.45, 7) is -0.212. The minimum absolute atomic E-state index is 0.0139. The molecule has 2 heterocycles. The molecule has 1 atom stereocenters. The van der Waals surface area contributed by atoms with Gasteiger partial charge in [0, 0.05) is 16.7 Å². The fraction of sp³-hybridized carbons (Fsp3) is 0.273. The molecule has 0 radical (unpaired) electrons. The summed E-state index contributed by atoms with van der Waals surface area (Å²) in [5, 5.41) is 7.98. The third kappa shape index (κ3) is 5.23. The molecule has 0 spiro atoms. The van der Waals surface area contributed by atoms with Gasteiger partial charge in [-0.05, 0) is 42.8 Å². The third-order valence-electron chi connectivity index (χ3n) is 5.13. The van der Waals surface area contributed by atoms with E-state index in [2.05, 4.69) is 10.4 Å². The maximum atomic E-state index is 12.6. The number of nitrogens with one attached hydrogen (secondary N) is 1. The van der Waals surface area contributed by atoms with Gasteiger partial charge in [0.15, 0.2) is 16.4 Å². The lowest BCUT2D eigenvalue weighted by molar-refractivity contribution is -0.118. The first-order valence-corrected chi connectivity index (χ1v) is 12.2. The fourth-order valence-corrected chi connectivity index (χ4v) is 5.31. The average Bonchev–Trinajstić information content (AvgIpc) is 3.36. The van der Waals surface area contributed by atoms with Gasteiger partial charge in [0.05, 0.1) is 30.4 Å². The van der Waals surface area contributed by atoms with Crippen molar-refractivity contribution in [3.8, 4) is 22.8 Å². The minimum atomic E-state index is -3.13. The van der Waals surface area contributed by atoms with Crippen LogP contribution in [0.5, 0.6) is 11.5 Å². The Balaban J connectivity index is 1.52. The molecule has 8 nitrogen and oxygen atoms in total. The summed E-state index contributed by atoms with van der Waals surface area (Å²) in [5.74, 6) is 1.33. The van der Waals surface area contributed by atoms with Crippen molar-refractivity contribution >= 4 is 33.2 Å². The molecule has 1 N–H and O–H groups in total. The van der Waals surface area contributed by atoms with Crippen LogP contribution in [0, 0.1) is 0 Å². The molecule has 32 heavy (non-hydrogen) atoms. The SMILES string of the molecule is COc1ccc(OCC(=O)Nc2cc(-c3ccc(Cl)cc3)nn2C2CCS(=O)(=O)C2)cc1. The summed E-state index contributed by atoms with van der Waals surface area (Å²) in [6.07, 6.45) is 0.440. The average molecular weight is 476 g/mol. The molecule has 10 heteroatoms. The molecule has 1 saturated heterocycles. The van der Waals surface area contributed by atoms with Gasteiger partial charge in [0.1, 0.15) is 17.3 Å². The Morgan fingerprint density at radius 2 is 1.84 bits per heavy atom. The number of sulfone groups is 1. The number of carbonyl (C=O) groups is 1. The number of aromatic nitrogens is 2. The number of anilines is 1. The van der Waals surface area contributed by atoms with E-state index >= 15 is 0 Å². The molecule has 3 aromatic rings. The van der Waals surface area contributed by atoms with E-state index in [1.165, 1.54) is 0 Å². The molecule has 1 aromatic heterocycles. The van der Waals surface area contributed by atoms with E-state index in [9.17, 15) is 13.2 Å². The summed E-state index contributed by atoms with van der Waals surface area (Å²) < 4.78 is 36.2. The topological polar surface area (TPSA) is 99.5 Å². The number of halogens is 1. The Morgan fingerprint density at radius 3 is 2.47 bits per heavy atom. The van der Waals surface area contributed by atoms with Crippen molar-refractivity contribution < 1.29 is 22.7 Å². The highest BCUT2D eigenvalue weighted by Crippen LogP contribution is 2.30. The van der Waals surface area contributed by atoms with E-state index in [1.807, 2.05) is 12.1 Å². The Hall–Kier alpha value is -3.04. The second-order valence-corrected chi connectivity index (χ2v) is 10.1. The molecule has 0 saturated carbocycles. The van der Waals surface area contributed by atoms with Crippen molar-refractivity contribution in [2.75, 3.05) is 30.5 Å². The Morgan fingerprint density at radius 1 is 1.16 bits per heavy atom. The van der Waals surface area contributed by atoms with Crippen LogP contribution < -0.4 is 14.8 Å². The molecule has 1 amide bonds. The van der Waals surface area contributed by atoms with Crippen molar-refractivity contribution in [1.82, 2.24) is 9.78 Å². The van der Waals surface area contributed by atoms with Gasteiger partial charge in [0.25, 0.3) is 5.91 Å². The van der Waals surface area contributed by atoms with Crippen LogP contribution in [-0.4, -0.2) is 49.3 Å². The predicted molar refractivity (Wildman–Crippen MR) is 122 cm³/mol. The Labute approximate surface area is 191 Å². The number of methoxy groups -OCH3 is 1. The van der Waals surface area contributed by atoms with Gasteiger partial charge < -0.3 is 14.8 Å². The Bertz CT molecular complexity index is 1210. The molecule has 1 unspecified atom stereocenters. The third-order valence-corrected chi connectivity index (χ3v) is 7.13. The second kappa shape index (κ2) is 9.22. The number of amides is 1. The number of rotatable bonds is 7. The monoisotopic (exact) mass is 475 g/mol. The molecule has 0 aliphatic carbocycles. The van der Waals surface area contributed by atoms with Gasteiger partial charge in [-0.2, -0.15) is 5.10 Å². The lowest BCUT2D eigenvalue weighted by atomic mass is 10.1. The van der Waals surface area contributed by atoms with Gasteiger partial charge >= 0.3 is 0 Å². The highest BCUT2D eigenvalue weighted by atomic mass is 35.5. The van der Waals surface area contributed by atoms with Gasteiger partial charge in [-0.15, -0.1) is 0 Å². The van der Waals surface area contributed by atoms with Crippen LogP contribution in [0.3, 0.4) is 0 Å². The summed E-state index contributed by atoms with van der Waals surface area (Å²) in [4.78, 5) is 12.6. The molecule has 4 rings (SSSR count). The van der Waals surface area contributed by atoms with Crippen LogP contribution in [-0.2, 0) is 14.6 Å². The zero-order chi connectivity index (χ0) is 22.7. The normalized spacial score (nSPS) is 17.1. The van der Waals surface area contributed by atoms with Crippen LogP contribution in [0.4, 0.5) is 5.82 Å². The zero-order valence-corrected chi connectivity index (χ0v) is 18.9. The summed E-state index contributed by atoms with van der Waals surface area (Å²) in [6, 6.07) is 15.4. The standard InChI is InChI=1S/C22H22ClN3O5S/c1-30-18-6-8-19(9-7-18)31-13-22(27)24-21-12-20(15-2-4-16(23)5-3-15)25-26(21)17-10-11-32(28,29)14-17/h2-9,12,17H,10-11,13-14H2,1H3,(H,24,27). The zero-order valence-electron chi connectivity index (χ0n) is 17.3. The molecule has 1 aliphatic heterocycles. The minimum Gasteiger partial charge on any atom is -0.497 e. The van der Waals surface area contributed by atoms with Crippen LogP contribution in [0.15, 0.2) is 54.6 Å². The van der Waals surface area contributed by atoms with Crippen LogP contribution in [0.1, 0.15) is 12.5 Å². The molecular weight excluding hydrogens is 454 g/mol. The van der Waals surface area contributed by atoms with Crippen LogP contribution in [0.2, 0.25) is 5.02 Å². The molecule has 168 valence electrons. The fourth-order valence-electron chi connectivity index (χ4n) is 3.50. The van der Waals surface area contributed by atoms with Crippen LogP contribution >= 0.6 is 11.6 Å². The first-order valence-electron chi connectivity index (χ1n) is 9.95. The Kier molecular flexibility index (Phi) is 6.38. The number of hydrogen-bond donors (Lipinski definition) is 1. The van der Waals surface area contributed by atoms with E-state index in [0.717, 1.165) is 5.56 Å². The molecular formula is C22H22ClN3O5S. The van der Waals surface area contributed by atoms with Crippen molar-refractivity contribution in [2.45, 2.75) is 12.5 Å². The van der Waals surface area contributed by atoms with Crippen molar-refractivity contribution in [2.24, 2.45) is 0 Å². The lowest BCUT2D eigenvalue weighted by Crippen LogP contribution is -2.23. The first-order chi connectivity index (χ1) is 15.3. The smallest absolute Gasteiger partial charge is 0.263 e. The van der Waals surface area contributed by atoms with E-state index in [1.54, 1.807) is 54.3 Å². The van der Waals surface area contributed by atoms with Gasteiger partial charge in [-0.3, -0.25) is 4.79 Å². The molecule has 1 aliphatic rings. The molecule has 2 aromatic carbocycles. The lowest BCUT2D eigenvalue weighted by Gasteiger charge is -2.14. The summed E-state index contributed by atoms with van der Waals surface area (Å²) in [7, 11) is -1.56. The highest BCUT2D eigenvalue weighted by Gasteiger charge is 2.31. The molecule has 0 bridgehead atoms. The summed E-state index contributed by atoms with van der Waals surface area (Å²) in [5.41, 5.74) is 1.41.